The minimum absolute atomic E-state index is 0.135. The highest BCUT2D eigenvalue weighted by atomic mass is 35.5. The second-order valence-corrected chi connectivity index (χ2v) is 5.16. The molecule has 0 saturated heterocycles. The largest absolute Gasteiger partial charge is 0.398 e. The third-order valence-corrected chi connectivity index (χ3v) is 3.46. The molecule has 1 atom stereocenters. The summed E-state index contributed by atoms with van der Waals surface area (Å²) in [4.78, 5) is 12.3. The normalized spacial score (nSPS) is 12.0. The van der Waals surface area contributed by atoms with Gasteiger partial charge in [-0.25, -0.2) is 4.39 Å². The summed E-state index contributed by atoms with van der Waals surface area (Å²) in [5.41, 5.74) is 7.00. The molecule has 0 radical (unpaired) electrons. The molecule has 0 fully saturated rings. The van der Waals surface area contributed by atoms with Crippen molar-refractivity contribution in [2.24, 2.45) is 0 Å². The van der Waals surface area contributed by atoms with Gasteiger partial charge in [0, 0.05) is 10.7 Å². The topological polar surface area (TPSA) is 55.1 Å². The third kappa shape index (κ3) is 3.73. The Kier molecular flexibility index (Phi) is 4.81. The van der Waals surface area contributed by atoms with Crippen molar-refractivity contribution in [1.82, 2.24) is 5.32 Å². The highest BCUT2D eigenvalue weighted by molar-refractivity contribution is 6.30. The summed E-state index contributed by atoms with van der Waals surface area (Å²) in [6.45, 7) is 1.95. The zero-order valence-electron chi connectivity index (χ0n) is 11.6. The Morgan fingerprint density at radius 2 is 2.10 bits per heavy atom. The zero-order chi connectivity index (χ0) is 15.4. The van der Waals surface area contributed by atoms with Crippen molar-refractivity contribution < 1.29 is 9.18 Å². The number of nitrogens with two attached hydrogens (primary N) is 1. The molecule has 0 bridgehead atoms. The van der Waals surface area contributed by atoms with Crippen LogP contribution in [0, 0.1) is 5.82 Å². The highest BCUT2D eigenvalue weighted by Gasteiger charge is 2.16. The molecule has 1 amide bonds. The van der Waals surface area contributed by atoms with E-state index in [0.717, 1.165) is 11.6 Å². The van der Waals surface area contributed by atoms with Crippen molar-refractivity contribution in [3.63, 3.8) is 0 Å². The van der Waals surface area contributed by atoms with E-state index in [9.17, 15) is 9.18 Å². The quantitative estimate of drug-likeness (QED) is 0.841. The molecule has 0 heterocycles. The molecule has 0 aromatic heterocycles. The zero-order valence-corrected chi connectivity index (χ0v) is 12.3. The van der Waals surface area contributed by atoms with E-state index >= 15 is 0 Å². The van der Waals surface area contributed by atoms with Gasteiger partial charge in [-0.2, -0.15) is 0 Å². The van der Waals surface area contributed by atoms with Crippen molar-refractivity contribution in [2.75, 3.05) is 5.73 Å². The van der Waals surface area contributed by atoms with E-state index in [4.69, 9.17) is 17.3 Å². The van der Waals surface area contributed by atoms with Crippen LogP contribution in [0.5, 0.6) is 0 Å². The summed E-state index contributed by atoms with van der Waals surface area (Å²) in [7, 11) is 0. The van der Waals surface area contributed by atoms with Crippen LogP contribution in [0.15, 0.2) is 42.5 Å². The number of nitrogens with one attached hydrogen (secondary N) is 1. The fourth-order valence-corrected chi connectivity index (χ4v) is 2.30. The Balaban J connectivity index is 2.22. The molecule has 3 N–H and O–H groups in total. The van der Waals surface area contributed by atoms with Crippen LogP contribution in [0.2, 0.25) is 5.02 Å². The Morgan fingerprint density at radius 3 is 2.76 bits per heavy atom. The van der Waals surface area contributed by atoms with Crippen LogP contribution in [0.4, 0.5) is 10.1 Å². The van der Waals surface area contributed by atoms with Gasteiger partial charge in [0.1, 0.15) is 5.82 Å². The summed E-state index contributed by atoms with van der Waals surface area (Å²) in [6.07, 6.45) is 0.682. The number of anilines is 1. The number of hydrogen-bond acceptors (Lipinski definition) is 2. The summed E-state index contributed by atoms with van der Waals surface area (Å²) in [6, 6.07) is 10.8. The summed E-state index contributed by atoms with van der Waals surface area (Å²) >= 11 is 5.96. The van der Waals surface area contributed by atoms with Gasteiger partial charge in [-0.1, -0.05) is 30.7 Å². The molecule has 2 rings (SSSR count). The summed E-state index contributed by atoms with van der Waals surface area (Å²) < 4.78 is 13.2. The molecule has 21 heavy (non-hydrogen) atoms. The molecule has 3 nitrogen and oxygen atoms in total. The SMILES string of the molecule is CCC(NC(=O)c1cc(F)ccc1N)c1cccc(Cl)c1. The van der Waals surface area contributed by atoms with E-state index in [0.29, 0.717) is 11.4 Å². The average Bonchev–Trinajstić information content (AvgIpc) is 2.47. The first-order chi connectivity index (χ1) is 10.0. The lowest BCUT2D eigenvalue weighted by molar-refractivity contribution is 0.0936. The summed E-state index contributed by atoms with van der Waals surface area (Å²) in [5.74, 6) is -0.899. The number of hydrogen-bond donors (Lipinski definition) is 2. The minimum Gasteiger partial charge on any atom is -0.398 e. The van der Waals surface area contributed by atoms with E-state index in [-0.39, 0.29) is 17.3 Å². The number of benzene rings is 2. The first-order valence-corrected chi connectivity index (χ1v) is 7.00. The number of nitrogen functional groups attached to an aromatic ring is 1. The van der Waals surface area contributed by atoms with Gasteiger partial charge in [-0.15, -0.1) is 0 Å². The van der Waals surface area contributed by atoms with Crippen LogP contribution in [-0.4, -0.2) is 5.91 Å². The number of carbonyl (C=O) groups excluding carboxylic acids is 1. The molecule has 0 aliphatic rings. The van der Waals surface area contributed by atoms with Crippen molar-refractivity contribution >= 4 is 23.2 Å². The van der Waals surface area contributed by atoms with Crippen LogP contribution >= 0.6 is 11.6 Å². The van der Waals surface area contributed by atoms with Crippen LogP contribution in [0.25, 0.3) is 0 Å². The van der Waals surface area contributed by atoms with Crippen LogP contribution in [-0.2, 0) is 0 Å². The van der Waals surface area contributed by atoms with Crippen LogP contribution in [0.1, 0.15) is 35.3 Å². The van der Waals surface area contributed by atoms with E-state index in [1.807, 2.05) is 19.1 Å². The molecule has 0 aliphatic heterocycles. The van der Waals surface area contributed by atoms with Crippen molar-refractivity contribution in [2.45, 2.75) is 19.4 Å². The molecule has 0 saturated carbocycles. The van der Waals surface area contributed by atoms with Crippen molar-refractivity contribution in [3.05, 3.63) is 64.4 Å². The maximum atomic E-state index is 13.2. The lowest BCUT2D eigenvalue weighted by atomic mass is 10.0. The fourth-order valence-electron chi connectivity index (χ4n) is 2.11. The molecule has 2 aromatic rings. The van der Waals surface area contributed by atoms with Gasteiger partial charge in [0.15, 0.2) is 0 Å². The standard InChI is InChI=1S/C16H16ClFN2O/c1-2-15(10-4-3-5-11(17)8-10)20-16(21)13-9-12(18)6-7-14(13)19/h3-9,15H,2,19H2,1H3,(H,20,21). The van der Waals surface area contributed by atoms with Gasteiger partial charge >= 0.3 is 0 Å². The number of amides is 1. The number of carbonyl (C=O) groups is 1. The molecular weight excluding hydrogens is 291 g/mol. The Labute approximate surface area is 127 Å². The molecule has 110 valence electrons. The molecule has 1 unspecified atom stereocenters. The van der Waals surface area contributed by atoms with E-state index < -0.39 is 11.7 Å². The Bertz CT molecular complexity index is 660. The monoisotopic (exact) mass is 306 g/mol. The first-order valence-electron chi connectivity index (χ1n) is 6.62. The second kappa shape index (κ2) is 6.59. The van der Waals surface area contributed by atoms with Gasteiger partial charge in [-0.3, -0.25) is 4.79 Å². The smallest absolute Gasteiger partial charge is 0.253 e. The molecular formula is C16H16ClFN2O. The van der Waals surface area contributed by atoms with Gasteiger partial charge in [0.05, 0.1) is 11.6 Å². The number of halogens is 2. The van der Waals surface area contributed by atoms with E-state index in [1.54, 1.807) is 12.1 Å². The molecule has 0 spiro atoms. The van der Waals surface area contributed by atoms with Crippen LogP contribution < -0.4 is 11.1 Å². The lowest BCUT2D eigenvalue weighted by Crippen LogP contribution is -2.28. The molecule has 0 aliphatic carbocycles. The maximum absolute atomic E-state index is 13.2. The van der Waals surface area contributed by atoms with Gasteiger partial charge in [-0.05, 0) is 42.3 Å². The fraction of sp³-hybridized carbons (Fsp3) is 0.188. The first kappa shape index (κ1) is 15.3. The van der Waals surface area contributed by atoms with Gasteiger partial charge < -0.3 is 11.1 Å². The molecule has 5 heteroatoms. The third-order valence-electron chi connectivity index (χ3n) is 3.22. The predicted octanol–water partition coefficient (Wildman–Crippen LogP) is 3.94. The Hall–Kier alpha value is -2.07. The summed E-state index contributed by atoms with van der Waals surface area (Å²) in [5, 5.41) is 3.45. The van der Waals surface area contributed by atoms with E-state index in [2.05, 4.69) is 5.32 Å². The molecule has 2 aromatic carbocycles. The predicted molar refractivity (Wildman–Crippen MR) is 82.8 cm³/mol. The maximum Gasteiger partial charge on any atom is 0.253 e. The minimum atomic E-state index is -0.495. The second-order valence-electron chi connectivity index (χ2n) is 4.72. The van der Waals surface area contributed by atoms with Crippen LogP contribution in [0.3, 0.4) is 0 Å². The van der Waals surface area contributed by atoms with Gasteiger partial charge in [0.25, 0.3) is 5.91 Å². The van der Waals surface area contributed by atoms with Crippen molar-refractivity contribution in [1.29, 1.82) is 0 Å². The number of rotatable bonds is 4. The van der Waals surface area contributed by atoms with Gasteiger partial charge in [0.2, 0.25) is 0 Å². The Morgan fingerprint density at radius 1 is 1.33 bits per heavy atom. The van der Waals surface area contributed by atoms with E-state index in [1.165, 1.54) is 12.1 Å². The highest BCUT2D eigenvalue weighted by Crippen LogP contribution is 2.22. The average molecular weight is 307 g/mol. The van der Waals surface area contributed by atoms with Crippen molar-refractivity contribution in [3.8, 4) is 0 Å². The lowest BCUT2D eigenvalue weighted by Gasteiger charge is -2.18.